The fourth-order valence-corrected chi connectivity index (χ4v) is 3.41. The van der Waals surface area contributed by atoms with Crippen LogP contribution in [-0.4, -0.2) is 29.2 Å². The summed E-state index contributed by atoms with van der Waals surface area (Å²) >= 11 is 5.95. The highest BCUT2D eigenvalue weighted by atomic mass is 35.5. The van der Waals surface area contributed by atoms with E-state index in [1.807, 2.05) is 31.2 Å². The Morgan fingerprint density at radius 2 is 2.14 bits per heavy atom. The van der Waals surface area contributed by atoms with Crippen LogP contribution in [0.1, 0.15) is 25.1 Å². The van der Waals surface area contributed by atoms with Crippen LogP contribution in [0.15, 0.2) is 47.0 Å². The van der Waals surface area contributed by atoms with Crippen LogP contribution in [0.25, 0.3) is 11.5 Å². The molecule has 1 unspecified atom stereocenters. The fourth-order valence-electron chi connectivity index (χ4n) is 3.24. The molecule has 1 aliphatic rings. The zero-order valence-electron chi connectivity index (χ0n) is 15.1. The number of hydrogen-bond donors (Lipinski definition) is 0. The maximum absolute atomic E-state index is 14.2. The molecule has 1 aliphatic heterocycles. The third-order valence-electron chi connectivity index (χ3n) is 4.55. The highest BCUT2D eigenvalue weighted by Crippen LogP contribution is 2.35. The number of carbonyl (C=O) groups is 1. The number of carbonyl (C=O) groups excluding carboxylic acids is 1. The van der Waals surface area contributed by atoms with Gasteiger partial charge in [-0.3, -0.25) is 4.79 Å². The van der Waals surface area contributed by atoms with E-state index in [2.05, 4.69) is 10.1 Å². The third kappa shape index (κ3) is 3.45. The molecule has 1 saturated heterocycles. The second kappa shape index (κ2) is 7.59. The van der Waals surface area contributed by atoms with E-state index in [9.17, 15) is 9.18 Å². The van der Waals surface area contributed by atoms with Crippen molar-refractivity contribution < 1.29 is 18.4 Å². The molecule has 0 aliphatic carbocycles. The van der Waals surface area contributed by atoms with Crippen LogP contribution in [0.4, 0.5) is 10.1 Å². The number of hydrogen-bond acceptors (Lipinski definition) is 5. The summed E-state index contributed by atoms with van der Waals surface area (Å²) in [5.41, 5.74) is 0.843. The second-order valence-electron chi connectivity index (χ2n) is 6.39. The Morgan fingerprint density at radius 3 is 2.96 bits per heavy atom. The molecular weight excluding hydrogens is 385 g/mol. The van der Waals surface area contributed by atoms with E-state index < -0.39 is 5.82 Å². The normalized spacial score (nSPS) is 16.6. The highest BCUT2D eigenvalue weighted by molar-refractivity contribution is 6.31. The van der Waals surface area contributed by atoms with Crippen LogP contribution in [-0.2, 0) is 4.79 Å². The van der Waals surface area contributed by atoms with Gasteiger partial charge in [-0.2, -0.15) is 4.98 Å². The van der Waals surface area contributed by atoms with Crippen LogP contribution in [0.5, 0.6) is 5.75 Å². The van der Waals surface area contributed by atoms with E-state index in [0.29, 0.717) is 34.7 Å². The lowest BCUT2D eigenvalue weighted by atomic mass is 10.1. The molecule has 4 rings (SSSR count). The first kappa shape index (κ1) is 18.4. The standard InChI is InChI=1S/C20H17ClFN3O3/c1-2-27-17-6-4-3-5-14(17)20-23-19(24-28-20)12-9-18(26)25(11-12)16-10-13(21)7-8-15(16)22/h3-8,10,12H,2,9,11H2,1H3. The van der Waals surface area contributed by atoms with Crippen molar-refractivity contribution in [1.29, 1.82) is 0 Å². The SMILES string of the molecule is CCOc1ccccc1-c1nc(C2CC(=O)N(c3cc(Cl)ccc3F)C2)no1. The van der Waals surface area contributed by atoms with Crippen LogP contribution >= 0.6 is 11.6 Å². The maximum Gasteiger partial charge on any atom is 0.261 e. The summed E-state index contributed by atoms with van der Waals surface area (Å²) in [6.45, 7) is 2.65. The van der Waals surface area contributed by atoms with E-state index in [1.165, 1.54) is 23.1 Å². The van der Waals surface area contributed by atoms with Crippen molar-refractivity contribution in [2.45, 2.75) is 19.3 Å². The van der Waals surface area contributed by atoms with Crippen molar-refractivity contribution >= 4 is 23.2 Å². The molecule has 2 aromatic carbocycles. The van der Waals surface area contributed by atoms with Gasteiger partial charge in [0.1, 0.15) is 11.6 Å². The lowest BCUT2D eigenvalue weighted by Crippen LogP contribution is -2.25. The molecular formula is C20H17ClFN3O3. The molecule has 1 aromatic heterocycles. The molecule has 1 amide bonds. The molecule has 0 spiro atoms. The van der Waals surface area contributed by atoms with Crippen LogP contribution in [0.2, 0.25) is 5.02 Å². The number of aromatic nitrogens is 2. The smallest absolute Gasteiger partial charge is 0.261 e. The number of benzene rings is 2. The summed E-state index contributed by atoms with van der Waals surface area (Å²) in [6.07, 6.45) is 0.165. The van der Waals surface area contributed by atoms with Crippen molar-refractivity contribution in [3.63, 3.8) is 0 Å². The van der Waals surface area contributed by atoms with Crippen molar-refractivity contribution in [2.24, 2.45) is 0 Å². The molecule has 3 aromatic rings. The van der Waals surface area contributed by atoms with Gasteiger partial charge in [-0.15, -0.1) is 0 Å². The van der Waals surface area contributed by atoms with Gasteiger partial charge in [-0.1, -0.05) is 28.9 Å². The van der Waals surface area contributed by atoms with Gasteiger partial charge in [0.05, 0.1) is 17.9 Å². The van der Waals surface area contributed by atoms with Crippen molar-refractivity contribution in [2.75, 3.05) is 18.1 Å². The zero-order chi connectivity index (χ0) is 19.7. The monoisotopic (exact) mass is 401 g/mol. The molecule has 144 valence electrons. The zero-order valence-corrected chi connectivity index (χ0v) is 15.8. The molecule has 6 nitrogen and oxygen atoms in total. The Hall–Kier alpha value is -2.93. The van der Waals surface area contributed by atoms with Gasteiger partial charge >= 0.3 is 0 Å². The number of para-hydroxylation sites is 1. The Balaban J connectivity index is 1.59. The maximum atomic E-state index is 14.2. The van der Waals surface area contributed by atoms with Crippen LogP contribution < -0.4 is 9.64 Å². The van der Waals surface area contributed by atoms with E-state index >= 15 is 0 Å². The number of halogens is 2. The third-order valence-corrected chi connectivity index (χ3v) is 4.78. The molecule has 0 N–H and O–H groups in total. The first-order chi connectivity index (χ1) is 13.6. The molecule has 0 radical (unpaired) electrons. The van der Waals surface area contributed by atoms with Crippen LogP contribution in [0.3, 0.4) is 0 Å². The van der Waals surface area contributed by atoms with Crippen molar-refractivity contribution in [3.8, 4) is 17.2 Å². The van der Waals surface area contributed by atoms with Crippen molar-refractivity contribution in [3.05, 3.63) is 59.1 Å². The minimum absolute atomic E-state index is 0.158. The summed E-state index contributed by atoms with van der Waals surface area (Å²) in [4.78, 5) is 18.3. The summed E-state index contributed by atoms with van der Waals surface area (Å²) in [7, 11) is 0. The fraction of sp³-hybridized carbons (Fsp3) is 0.250. The van der Waals surface area contributed by atoms with E-state index in [1.54, 1.807) is 0 Å². The van der Waals surface area contributed by atoms with Gasteiger partial charge in [-0.25, -0.2) is 4.39 Å². The number of rotatable bonds is 5. The summed E-state index contributed by atoms with van der Waals surface area (Å²) < 4.78 is 25.2. The topological polar surface area (TPSA) is 68.5 Å². The highest BCUT2D eigenvalue weighted by Gasteiger charge is 2.36. The molecule has 8 heteroatoms. The lowest BCUT2D eigenvalue weighted by molar-refractivity contribution is -0.117. The molecule has 28 heavy (non-hydrogen) atoms. The predicted molar refractivity (Wildman–Crippen MR) is 102 cm³/mol. The Bertz CT molecular complexity index is 1020. The number of amides is 1. The van der Waals surface area contributed by atoms with Crippen LogP contribution in [0, 0.1) is 5.82 Å². The summed E-state index contributed by atoms with van der Waals surface area (Å²) in [5, 5.41) is 4.40. The minimum atomic E-state index is -0.502. The van der Waals surface area contributed by atoms with E-state index in [4.69, 9.17) is 20.9 Å². The average molecular weight is 402 g/mol. The number of ether oxygens (including phenoxy) is 1. The quantitative estimate of drug-likeness (QED) is 0.631. The molecule has 1 atom stereocenters. The number of anilines is 1. The van der Waals surface area contributed by atoms with Gasteiger partial charge in [0, 0.05) is 23.9 Å². The van der Waals surface area contributed by atoms with E-state index in [-0.39, 0.29) is 30.5 Å². The van der Waals surface area contributed by atoms with Gasteiger partial charge < -0.3 is 14.2 Å². The first-order valence-corrected chi connectivity index (χ1v) is 9.26. The van der Waals surface area contributed by atoms with Gasteiger partial charge in [0.15, 0.2) is 5.82 Å². The minimum Gasteiger partial charge on any atom is -0.493 e. The second-order valence-corrected chi connectivity index (χ2v) is 6.82. The molecule has 0 saturated carbocycles. The molecule has 2 heterocycles. The summed E-state index contributed by atoms with van der Waals surface area (Å²) in [5.74, 6) is 0.344. The van der Waals surface area contributed by atoms with Gasteiger partial charge in [-0.05, 0) is 37.3 Å². The molecule has 0 bridgehead atoms. The van der Waals surface area contributed by atoms with E-state index in [0.717, 1.165) is 0 Å². The van der Waals surface area contributed by atoms with Crippen molar-refractivity contribution in [1.82, 2.24) is 10.1 Å². The Kier molecular flexibility index (Phi) is 5.00. The number of nitrogens with zero attached hydrogens (tertiary/aromatic N) is 3. The first-order valence-electron chi connectivity index (χ1n) is 8.88. The predicted octanol–water partition coefficient (Wildman–Crippen LogP) is 4.45. The Morgan fingerprint density at radius 1 is 1.32 bits per heavy atom. The largest absolute Gasteiger partial charge is 0.493 e. The summed E-state index contributed by atoms with van der Waals surface area (Å²) in [6, 6.07) is 11.5. The lowest BCUT2D eigenvalue weighted by Gasteiger charge is -2.17. The molecule has 1 fully saturated rings. The van der Waals surface area contributed by atoms with Gasteiger partial charge in [0.25, 0.3) is 5.89 Å². The Labute approximate surface area is 165 Å². The average Bonchev–Trinajstić information content (AvgIpc) is 3.31. The van der Waals surface area contributed by atoms with Gasteiger partial charge in [0.2, 0.25) is 5.91 Å².